The Balaban J connectivity index is 1.97. The van der Waals surface area contributed by atoms with Crippen molar-refractivity contribution in [1.29, 1.82) is 0 Å². The molecule has 0 saturated heterocycles. The van der Waals surface area contributed by atoms with Gasteiger partial charge in [0.05, 0.1) is 12.2 Å². The lowest BCUT2D eigenvalue weighted by Crippen LogP contribution is -2.30. The second-order valence-electron chi connectivity index (χ2n) is 6.00. The summed E-state index contributed by atoms with van der Waals surface area (Å²) in [6.45, 7) is 7.22. The zero-order chi connectivity index (χ0) is 17.0. The van der Waals surface area contributed by atoms with Crippen LogP contribution >= 0.6 is 0 Å². The third-order valence-corrected chi connectivity index (χ3v) is 4.17. The van der Waals surface area contributed by atoms with Crippen molar-refractivity contribution >= 4 is 11.6 Å². The van der Waals surface area contributed by atoms with Crippen LogP contribution in [0.5, 0.6) is 0 Å². The molecular formula is C18H26N4O. The lowest BCUT2D eigenvalue weighted by atomic mass is 10.1. The Morgan fingerprint density at radius 2 is 2.00 bits per heavy atom. The molecule has 1 amide bonds. The number of aryl methyl sites for hydroxylation is 3. The molecule has 124 valence electrons. The minimum atomic E-state index is 0.00703. The summed E-state index contributed by atoms with van der Waals surface area (Å²) in [6.07, 6.45) is 0.903. The van der Waals surface area contributed by atoms with Gasteiger partial charge in [0.25, 0.3) is 0 Å². The van der Waals surface area contributed by atoms with E-state index in [0.717, 1.165) is 29.1 Å². The second-order valence-corrected chi connectivity index (χ2v) is 6.00. The summed E-state index contributed by atoms with van der Waals surface area (Å²) < 4.78 is 1.88. The number of likely N-dealkylation sites (N-methyl/N-ethyl adjacent to an activating group) is 1. The molecule has 0 radical (unpaired) electrons. The topological polar surface area (TPSA) is 50.2 Å². The molecule has 5 nitrogen and oxygen atoms in total. The quantitative estimate of drug-likeness (QED) is 0.892. The van der Waals surface area contributed by atoms with Crippen LogP contribution in [0.3, 0.4) is 0 Å². The number of aromatic nitrogens is 2. The summed E-state index contributed by atoms with van der Waals surface area (Å²) in [7, 11) is 3.90. The van der Waals surface area contributed by atoms with Crippen LogP contribution in [0.2, 0.25) is 0 Å². The van der Waals surface area contributed by atoms with Gasteiger partial charge in [-0.1, -0.05) is 25.1 Å². The minimum Gasteiger partial charge on any atom is -0.325 e. The van der Waals surface area contributed by atoms with Gasteiger partial charge in [-0.25, -0.2) is 0 Å². The van der Waals surface area contributed by atoms with Gasteiger partial charge in [0.15, 0.2) is 0 Å². The van der Waals surface area contributed by atoms with Crippen molar-refractivity contribution < 1.29 is 4.79 Å². The Morgan fingerprint density at radius 3 is 2.61 bits per heavy atom. The Bertz CT molecular complexity index is 690. The molecule has 2 aromatic rings. The number of benzene rings is 1. The summed E-state index contributed by atoms with van der Waals surface area (Å²) in [5.41, 5.74) is 5.42. The molecule has 1 aromatic heterocycles. The monoisotopic (exact) mass is 314 g/mol. The van der Waals surface area contributed by atoms with Gasteiger partial charge in [0, 0.05) is 30.5 Å². The van der Waals surface area contributed by atoms with Crippen LogP contribution in [0.15, 0.2) is 24.3 Å². The maximum atomic E-state index is 12.3. The van der Waals surface area contributed by atoms with E-state index < -0.39 is 0 Å². The lowest BCUT2D eigenvalue weighted by Gasteiger charge is -2.17. The largest absolute Gasteiger partial charge is 0.325 e. The van der Waals surface area contributed by atoms with Crippen LogP contribution in [-0.4, -0.2) is 34.2 Å². The van der Waals surface area contributed by atoms with Crippen molar-refractivity contribution in [3.8, 4) is 0 Å². The fraction of sp³-hybridized carbons (Fsp3) is 0.444. The van der Waals surface area contributed by atoms with E-state index in [-0.39, 0.29) is 5.91 Å². The van der Waals surface area contributed by atoms with E-state index in [4.69, 9.17) is 0 Å². The van der Waals surface area contributed by atoms with Gasteiger partial charge in [-0.3, -0.25) is 14.4 Å². The first-order valence-electron chi connectivity index (χ1n) is 7.97. The lowest BCUT2D eigenvalue weighted by molar-refractivity contribution is -0.117. The van der Waals surface area contributed by atoms with Crippen molar-refractivity contribution in [3.05, 3.63) is 46.8 Å². The van der Waals surface area contributed by atoms with Crippen LogP contribution in [0.4, 0.5) is 5.69 Å². The number of carbonyl (C=O) groups excluding carboxylic acids is 1. The average Bonchev–Trinajstić information content (AvgIpc) is 2.74. The van der Waals surface area contributed by atoms with Crippen LogP contribution in [-0.2, 0) is 24.8 Å². The maximum Gasteiger partial charge on any atom is 0.238 e. The molecule has 0 atom stereocenters. The molecule has 0 fully saturated rings. The third-order valence-electron chi connectivity index (χ3n) is 4.17. The summed E-state index contributed by atoms with van der Waals surface area (Å²) >= 11 is 0. The molecule has 0 spiro atoms. The fourth-order valence-corrected chi connectivity index (χ4v) is 2.76. The maximum absolute atomic E-state index is 12.3. The summed E-state index contributed by atoms with van der Waals surface area (Å²) in [5, 5.41) is 7.43. The van der Waals surface area contributed by atoms with E-state index in [1.165, 1.54) is 5.56 Å². The first-order chi connectivity index (χ1) is 10.9. The predicted molar refractivity (Wildman–Crippen MR) is 93.5 cm³/mol. The normalized spacial score (nSPS) is 11.0. The highest BCUT2D eigenvalue weighted by molar-refractivity contribution is 5.92. The smallest absolute Gasteiger partial charge is 0.238 e. The predicted octanol–water partition coefficient (Wildman–Crippen LogP) is 2.67. The number of nitrogens with one attached hydrogen (secondary N) is 1. The average molecular weight is 314 g/mol. The van der Waals surface area contributed by atoms with E-state index in [2.05, 4.69) is 24.3 Å². The number of anilines is 1. The van der Waals surface area contributed by atoms with Gasteiger partial charge in [-0.05, 0) is 38.9 Å². The summed E-state index contributed by atoms with van der Waals surface area (Å²) in [4.78, 5) is 14.3. The Kier molecular flexibility index (Phi) is 5.55. The summed E-state index contributed by atoms with van der Waals surface area (Å²) in [6, 6.07) is 7.93. The SMILES string of the molecule is CCc1ccccc1NC(=O)CN(C)Cc1c(C)nn(C)c1C. The van der Waals surface area contributed by atoms with Crippen LogP contribution < -0.4 is 5.32 Å². The highest BCUT2D eigenvalue weighted by atomic mass is 16.2. The Hall–Kier alpha value is -2.14. The van der Waals surface area contributed by atoms with E-state index in [0.29, 0.717) is 13.1 Å². The Morgan fingerprint density at radius 1 is 1.30 bits per heavy atom. The minimum absolute atomic E-state index is 0.00703. The molecule has 0 aliphatic heterocycles. The van der Waals surface area contributed by atoms with Crippen molar-refractivity contribution in [3.63, 3.8) is 0 Å². The number of amides is 1. The highest BCUT2D eigenvalue weighted by Gasteiger charge is 2.14. The van der Waals surface area contributed by atoms with Gasteiger partial charge in [0.2, 0.25) is 5.91 Å². The molecule has 5 heteroatoms. The number of para-hydroxylation sites is 1. The fourth-order valence-electron chi connectivity index (χ4n) is 2.76. The molecule has 2 rings (SSSR count). The van der Waals surface area contributed by atoms with E-state index in [1.54, 1.807) is 0 Å². The molecule has 1 N–H and O–H groups in total. The van der Waals surface area contributed by atoms with Gasteiger partial charge in [0.1, 0.15) is 0 Å². The van der Waals surface area contributed by atoms with Crippen molar-refractivity contribution in [2.24, 2.45) is 7.05 Å². The number of carbonyl (C=O) groups is 1. The Labute approximate surface area is 138 Å². The van der Waals surface area contributed by atoms with Crippen LogP contribution in [0.25, 0.3) is 0 Å². The molecule has 1 heterocycles. The zero-order valence-corrected chi connectivity index (χ0v) is 14.7. The number of hydrogen-bond acceptors (Lipinski definition) is 3. The molecule has 0 aliphatic carbocycles. The van der Waals surface area contributed by atoms with Crippen molar-refractivity contribution in [1.82, 2.24) is 14.7 Å². The molecule has 0 saturated carbocycles. The zero-order valence-electron chi connectivity index (χ0n) is 14.7. The highest BCUT2D eigenvalue weighted by Crippen LogP contribution is 2.16. The molecule has 1 aromatic carbocycles. The first kappa shape index (κ1) is 17.2. The van der Waals surface area contributed by atoms with Crippen LogP contribution in [0, 0.1) is 13.8 Å². The second kappa shape index (κ2) is 7.42. The van der Waals surface area contributed by atoms with Gasteiger partial charge < -0.3 is 5.32 Å². The van der Waals surface area contributed by atoms with E-state index >= 15 is 0 Å². The van der Waals surface area contributed by atoms with Crippen molar-refractivity contribution in [2.45, 2.75) is 33.7 Å². The van der Waals surface area contributed by atoms with E-state index in [9.17, 15) is 4.79 Å². The standard InChI is InChI=1S/C18H26N4O/c1-6-15-9-7-8-10-17(15)19-18(23)12-21(4)11-16-13(2)20-22(5)14(16)3/h7-10H,6,11-12H2,1-5H3,(H,19,23). The summed E-state index contributed by atoms with van der Waals surface area (Å²) in [5.74, 6) is 0.00703. The number of rotatable bonds is 6. The first-order valence-corrected chi connectivity index (χ1v) is 7.97. The molecule has 0 unspecified atom stereocenters. The van der Waals surface area contributed by atoms with Crippen molar-refractivity contribution in [2.75, 3.05) is 18.9 Å². The number of hydrogen-bond donors (Lipinski definition) is 1. The number of nitrogens with zero attached hydrogens (tertiary/aromatic N) is 3. The van der Waals surface area contributed by atoms with E-state index in [1.807, 2.05) is 54.9 Å². The van der Waals surface area contributed by atoms with Gasteiger partial charge in [-0.15, -0.1) is 0 Å². The van der Waals surface area contributed by atoms with Gasteiger partial charge >= 0.3 is 0 Å². The molecular weight excluding hydrogens is 288 g/mol. The molecule has 0 aliphatic rings. The molecule has 23 heavy (non-hydrogen) atoms. The molecule has 0 bridgehead atoms. The third kappa shape index (κ3) is 4.20. The van der Waals surface area contributed by atoms with Gasteiger partial charge in [-0.2, -0.15) is 5.10 Å². The van der Waals surface area contributed by atoms with Crippen LogP contribution in [0.1, 0.15) is 29.4 Å².